The fraction of sp³-hybridized carbons (Fsp3) is 0.684. The van der Waals surface area contributed by atoms with E-state index < -0.39 is 11.7 Å². The SMILES string of the molecule is O[C@@H]1[C@@H](NCCC2(O)CCCC2)CCC[C@H]1Oc1ccc(F)cc1. The van der Waals surface area contributed by atoms with Crippen LogP contribution in [0, 0.1) is 5.82 Å². The van der Waals surface area contributed by atoms with Crippen LogP contribution < -0.4 is 10.1 Å². The molecule has 0 aromatic heterocycles. The molecule has 0 aliphatic heterocycles. The summed E-state index contributed by atoms with van der Waals surface area (Å²) >= 11 is 0. The maximum absolute atomic E-state index is 13.0. The maximum Gasteiger partial charge on any atom is 0.126 e. The minimum absolute atomic E-state index is 0.0193. The fourth-order valence-corrected chi connectivity index (χ4v) is 3.95. The monoisotopic (exact) mass is 337 g/mol. The summed E-state index contributed by atoms with van der Waals surface area (Å²) in [5.74, 6) is 0.289. The lowest BCUT2D eigenvalue weighted by Gasteiger charge is -2.36. The van der Waals surface area contributed by atoms with Crippen molar-refractivity contribution in [1.82, 2.24) is 5.32 Å². The first kappa shape index (κ1) is 17.6. The Balaban J connectivity index is 1.48. The molecule has 24 heavy (non-hydrogen) atoms. The molecule has 2 aliphatic carbocycles. The molecule has 5 heteroatoms. The van der Waals surface area contributed by atoms with Gasteiger partial charge in [0.1, 0.15) is 23.8 Å². The van der Waals surface area contributed by atoms with E-state index in [1.54, 1.807) is 12.1 Å². The summed E-state index contributed by atoms with van der Waals surface area (Å²) in [5, 5.41) is 24.4. The predicted molar refractivity (Wildman–Crippen MR) is 90.5 cm³/mol. The van der Waals surface area contributed by atoms with Crippen LogP contribution in [0.15, 0.2) is 24.3 Å². The van der Waals surface area contributed by atoms with Crippen LogP contribution in [0.5, 0.6) is 5.75 Å². The van der Waals surface area contributed by atoms with Gasteiger partial charge in [-0.15, -0.1) is 0 Å². The number of hydrogen-bond acceptors (Lipinski definition) is 4. The highest BCUT2D eigenvalue weighted by molar-refractivity contribution is 5.22. The standard InChI is InChI=1S/C19H28FNO3/c20-14-6-8-15(9-7-14)24-17-5-3-4-16(18(17)22)21-13-12-19(23)10-1-2-11-19/h6-9,16-18,21-23H,1-5,10-13H2/t16-,17+,18+/m0/s1. The Bertz CT molecular complexity index is 516. The second-order valence-electron chi connectivity index (χ2n) is 7.27. The van der Waals surface area contributed by atoms with Crippen LogP contribution >= 0.6 is 0 Å². The largest absolute Gasteiger partial charge is 0.488 e. The van der Waals surface area contributed by atoms with Crippen LogP contribution in [0.4, 0.5) is 4.39 Å². The van der Waals surface area contributed by atoms with Gasteiger partial charge in [-0.05, 0) is 69.3 Å². The summed E-state index contributed by atoms with van der Waals surface area (Å²) in [6.07, 6.45) is 6.52. The second-order valence-corrected chi connectivity index (χ2v) is 7.27. The molecular weight excluding hydrogens is 309 g/mol. The molecule has 0 bridgehead atoms. The van der Waals surface area contributed by atoms with E-state index in [0.29, 0.717) is 12.3 Å². The Morgan fingerprint density at radius 2 is 1.83 bits per heavy atom. The van der Waals surface area contributed by atoms with E-state index in [2.05, 4.69) is 5.32 Å². The van der Waals surface area contributed by atoms with Crippen LogP contribution in [-0.4, -0.2) is 40.6 Å². The number of nitrogens with one attached hydrogen (secondary N) is 1. The molecular formula is C19H28FNO3. The lowest BCUT2D eigenvalue weighted by Crippen LogP contribution is -2.52. The zero-order valence-corrected chi connectivity index (χ0v) is 14.1. The van der Waals surface area contributed by atoms with Gasteiger partial charge >= 0.3 is 0 Å². The molecule has 3 rings (SSSR count). The number of halogens is 1. The van der Waals surface area contributed by atoms with E-state index >= 15 is 0 Å². The molecule has 0 saturated heterocycles. The van der Waals surface area contributed by atoms with Crippen LogP contribution in [0.1, 0.15) is 51.4 Å². The molecule has 2 aliphatic rings. The summed E-state index contributed by atoms with van der Waals surface area (Å²) in [7, 11) is 0. The van der Waals surface area contributed by atoms with Crippen molar-refractivity contribution in [1.29, 1.82) is 0 Å². The zero-order valence-electron chi connectivity index (χ0n) is 14.1. The van der Waals surface area contributed by atoms with Crippen LogP contribution in [0.25, 0.3) is 0 Å². The van der Waals surface area contributed by atoms with Crippen molar-refractivity contribution < 1.29 is 19.3 Å². The van der Waals surface area contributed by atoms with Crippen LogP contribution in [0.2, 0.25) is 0 Å². The van der Waals surface area contributed by atoms with Gasteiger partial charge in [-0.25, -0.2) is 4.39 Å². The van der Waals surface area contributed by atoms with Crippen LogP contribution in [-0.2, 0) is 0 Å². The summed E-state index contributed by atoms with van der Waals surface area (Å²) in [4.78, 5) is 0. The van der Waals surface area contributed by atoms with Crippen molar-refractivity contribution in [2.24, 2.45) is 0 Å². The lowest BCUT2D eigenvalue weighted by atomic mass is 9.89. The van der Waals surface area contributed by atoms with Gasteiger partial charge < -0.3 is 20.3 Å². The summed E-state index contributed by atoms with van der Waals surface area (Å²) in [6.45, 7) is 0.710. The maximum atomic E-state index is 13.0. The zero-order chi connectivity index (χ0) is 17.0. The molecule has 0 radical (unpaired) electrons. The number of rotatable bonds is 6. The number of benzene rings is 1. The number of aliphatic hydroxyl groups excluding tert-OH is 1. The van der Waals surface area contributed by atoms with E-state index in [1.807, 2.05) is 0 Å². The second kappa shape index (κ2) is 7.81. The van der Waals surface area contributed by atoms with Crippen molar-refractivity contribution >= 4 is 0 Å². The smallest absolute Gasteiger partial charge is 0.126 e. The van der Waals surface area contributed by atoms with Crippen molar-refractivity contribution in [3.05, 3.63) is 30.1 Å². The summed E-state index contributed by atoms with van der Waals surface area (Å²) in [5.41, 5.74) is -0.517. The number of ether oxygens (including phenoxy) is 1. The van der Waals surface area contributed by atoms with Crippen molar-refractivity contribution in [3.8, 4) is 5.75 Å². The lowest BCUT2D eigenvalue weighted by molar-refractivity contribution is -0.0184. The minimum Gasteiger partial charge on any atom is -0.488 e. The predicted octanol–water partition coefficient (Wildman–Crippen LogP) is 2.77. The van der Waals surface area contributed by atoms with Crippen molar-refractivity contribution in [3.63, 3.8) is 0 Å². The van der Waals surface area contributed by atoms with Gasteiger partial charge in [-0.3, -0.25) is 0 Å². The Morgan fingerprint density at radius 3 is 2.54 bits per heavy atom. The van der Waals surface area contributed by atoms with Gasteiger partial charge in [0.05, 0.1) is 5.60 Å². The molecule has 3 N–H and O–H groups in total. The molecule has 134 valence electrons. The molecule has 0 amide bonds. The molecule has 4 nitrogen and oxygen atoms in total. The van der Waals surface area contributed by atoms with Gasteiger partial charge in [0.15, 0.2) is 0 Å². The van der Waals surface area contributed by atoms with Gasteiger partial charge in [0.2, 0.25) is 0 Å². The van der Waals surface area contributed by atoms with Gasteiger partial charge in [-0.2, -0.15) is 0 Å². The average molecular weight is 337 g/mol. The highest BCUT2D eigenvalue weighted by atomic mass is 19.1. The van der Waals surface area contributed by atoms with Crippen LogP contribution in [0.3, 0.4) is 0 Å². The molecule has 0 unspecified atom stereocenters. The summed E-state index contributed by atoms with van der Waals surface area (Å²) < 4.78 is 18.8. The molecule has 2 saturated carbocycles. The third kappa shape index (κ3) is 4.47. The number of hydrogen-bond donors (Lipinski definition) is 3. The topological polar surface area (TPSA) is 61.7 Å². The van der Waals surface area contributed by atoms with E-state index in [-0.39, 0.29) is 18.0 Å². The first-order chi connectivity index (χ1) is 11.6. The van der Waals surface area contributed by atoms with Crippen molar-refractivity contribution in [2.45, 2.75) is 75.2 Å². The average Bonchev–Trinajstić information content (AvgIpc) is 3.00. The molecule has 3 atom stereocenters. The third-order valence-electron chi connectivity index (χ3n) is 5.43. The fourth-order valence-electron chi connectivity index (χ4n) is 3.95. The van der Waals surface area contributed by atoms with E-state index in [0.717, 1.165) is 51.4 Å². The molecule has 0 spiro atoms. The van der Waals surface area contributed by atoms with Gasteiger partial charge in [0, 0.05) is 6.04 Å². The Labute approximate surface area is 143 Å². The van der Waals surface area contributed by atoms with E-state index in [1.165, 1.54) is 12.1 Å². The first-order valence-corrected chi connectivity index (χ1v) is 9.12. The van der Waals surface area contributed by atoms with E-state index in [4.69, 9.17) is 4.74 Å². The number of aliphatic hydroxyl groups is 2. The van der Waals surface area contributed by atoms with Crippen molar-refractivity contribution in [2.75, 3.05) is 6.54 Å². The molecule has 0 heterocycles. The minimum atomic E-state index is -0.595. The molecule has 1 aromatic carbocycles. The van der Waals surface area contributed by atoms with Gasteiger partial charge in [0.25, 0.3) is 0 Å². The highest BCUT2D eigenvalue weighted by Gasteiger charge is 2.34. The third-order valence-corrected chi connectivity index (χ3v) is 5.43. The quantitative estimate of drug-likeness (QED) is 0.747. The molecule has 2 fully saturated rings. The summed E-state index contributed by atoms with van der Waals surface area (Å²) in [6, 6.07) is 5.89. The Kier molecular flexibility index (Phi) is 5.74. The Hall–Kier alpha value is -1.17. The van der Waals surface area contributed by atoms with E-state index in [9.17, 15) is 14.6 Å². The molecule has 1 aromatic rings. The Morgan fingerprint density at radius 1 is 1.12 bits per heavy atom. The first-order valence-electron chi connectivity index (χ1n) is 9.12. The normalized spacial score (nSPS) is 29.5. The van der Waals surface area contributed by atoms with Gasteiger partial charge in [-0.1, -0.05) is 12.8 Å². The highest BCUT2D eigenvalue weighted by Crippen LogP contribution is 2.32.